The van der Waals surface area contributed by atoms with Crippen LogP contribution in [0.15, 0.2) is 0 Å². The molecule has 0 aliphatic heterocycles. The van der Waals surface area contributed by atoms with E-state index < -0.39 is 12.1 Å². The molecule has 0 aliphatic carbocycles. The Balaban J connectivity index is 3.77. The molecule has 0 saturated carbocycles. The fourth-order valence-corrected chi connectivity index (χ4v) is 5.17. The summed E-state index contributed by atoms with van der Waals surface area (Å²) in [5.41, 5.74) is 0. The number of unbranched alkanes of at least 4 members (excludes halogenated alkanes) is 23. The Bertz CT molecular complexity index is 522. The summed E-state index contributed by atoms with van der Waals surface area (Å²) in [6.07, 6.45) is 31.0. The van der Waals surface area contributed by atoms with Gasteiger partial charge in [-0.1, -0.05) is 148 Å². The predicted octanol–water partition coefficient (Wildman–Crippen LogP) is 10.0. The summed E-state index contributed by atoms with van der Waals surface area (Å²) < 4.78 is 10.7. The molecule has 0 heterocycles. The molecule has 0 spiro atoms. The van der Waals surface area contributed by atoms with Crippen molar-refractivity contribution in [1.82, 2.24) is 0 Å². The average Bonchev–Trinajstić information content (AvgIpc) is 2.93. The molecule has 1 unspecified atom stereocenters. The third-order valence-corrected chi connectivity index (χ3v) is 7.68. The van der Waals surface area contributed by atoms with Crippen molar-refractivity contribution in [1.29, 1.82) is 0 Å². The maximum absolute atomic E-state index is 12.4. The lowest BCUT2D eigenvalue weighted by Crippen LogP contribution is -2.29. The van der Waals surface area contributed by atoms with Crippen molar-refractivity contribution in [2.45, 2.75) is 193 Å². The van der Waals surface area contributed by atoms with Crippen LogP contribution < -0.4 is 0 Å². The van der Waals surface area contributed by atoms with Crippen molar-refractivity contribution in [2.24, 2.45) is 0 Å². The molecule has 0 amide bonds. The van der Waals surface area contributed by atoms with E-state index in [-0.39, 0.29) is 5.97 Å². The van der Waals surface area contributed by atoms with Gasteiger partial charge in [-0.3, -0.25) is 4.79 Å². The lowest BCUT2D eigenvalue weighted by atomic mass is 10.0. The highest BCUT2D eigenvalue weighted by atomic mass is 16.6. The van der Waals surface area contributed by atoms with Crippen LogP contribution >= 0.6 is 0 Å². The molecule has 39 heavy (non-hydrogen) atoms. The molecule has 0 aromatic carbocycles. The number of hydrogen-bond donors (Lipinski definition) is 1. The molecule has 5 heteroatoms. The molecule has 0 rings (SSSR count). The largest absolute Gasteiger partial charge is 0.463 e. The summed E-state index contributed by atoms with van der Waals surface area (Å²) in [6.45, 7) is 4.69. The molecule has 0 radical (unpaired) electrons. The Morgan fingerprint density at radius 1 is 0.538 bits per heavy atom. The number of aliphatic hydroxyl groups is 1. The van der Waals surface area contributed by atoms with Gasteiger partial charge in [0.1, 0.15) is 0 Å². The second-order valence-electron chi connectivity index (χ2n) is 11.5. The first-order valence-electron chi connectivity index (χ1n) is 17.1. The molecular formula is C34H66O5. The van der Waals surface area contributed by atoms with Crippen LogP contribution in [0, 0.1) is 0 Å². The zero-order valence-electron chi connectivity index (χ0n) is 26.2. The highest BCUT2D eigenvalue weighted by Crippen LogP contribution is 2.16. The minimum Gasteiger partial charge on any atom is -0.463 e. The molecular weight excluding hydrogens is 488 g/mol. The maximum atomic E-state index is 12.4. The van der Waals surface area contributed by atoms with Crippen molar-refractivity contribution in [2.75, 3.05) is 13.2 Å². The van der Waals surface area contributed by atoms with Crippen molar-refractivity contribution >= 4 is 11.9 Å². The van der Waals surface area contributed by atoms with Crippen LogP contribution in [0.4, 0.5) is 0 Å². The van der Waals surface area contributed by atoms with E-state index in [0.717, 1.165) is 38.5 Å². The van der Waals surface area contributed by atoms with Gasteiger partial charge in [0.15, 0.2) is 6.10 Å². The first kappa shape index (κ1) is 37.9. The van der Waals surface area contributed by atoms with E-state index in [1.807, 2.05) is 0 Å². The summed E-state index contributed by atoms with van der Waals surface area (Å²) in [5.74, 6) is -0.650. The fourth-order valence-electron chi connectivity index (χ4n) is 5.17. The number of ether oxygens (including phenoxy) is 2. The third kappa shape index (κ3) is 28.2. The summed E-state index contributed by atoms with van der Waals surface area (Å²) >= 11 is 0. The molecule has 0 aromatic rings. The Labute approximate surface area is 242 Å². The Morgan fingerprint density at radius 3 is 1.33 bits per heavy atom. The van der Waals surface area contributed by atoms with Crippen LogP contribution in [0.25, 0.3) is 0 Å². The second-order valence-corrected chi connectivity index (χ2v) is 11.5. The molecule has 0 bridgehead atoms. The summed E-state index contributed by atoms with van der Waals surface area (Å²) in [4.78, 5) is 24.7. The zero-order chi connectivity index (χ0) is 28.7. The molecule has 0 aliphatic rings. The SMILES string of the molecule is CCCCCCCCCCCCCCCC(=O)OC(CCCCCCCCCCCCCCO)C(=O)OCC. The van der Waals surface area contributed by atoms with Crippen LogP contribution in [0.5, 0.6) is 0 Å². The van der Waals surface area contributed by atoms with Gasteiger partial charge >= 0.3 is 11.9 Å². The van der Waals surface area contributed by atoms with Crippen molar-refractivity contribution in [3.63, 3.8) is 0 Å². The normalized spacial score (nSPS) is 12.0. The lowest BCUT2D eigenvalue weighted by molar-refractivity contribution is -0.168. The minimum atomic E-state index is -0.745. The monoisotopic (exact) mass is 554 g/mol. The fraction of sp³-hybridized carbons (Fsp3) is 0.941. The lowest BCUT2D eigenvalue weighted by Gasteiger charge is -2.16. The first-order valence-corrected chi connectivity index (χ1v) is 17.1. The van der Waals surface area contributed by atoms with Gasteiger partial charge in [0.2, 0.25) is 0 Å². The van der Waals surface area contributed by atoms with E-state index in [1.165, 1.54) is 122 Å². The number of hydrogen-bond acceptors (Lipinski definition) is 5. The first-order chi connectivity index (χ1) is 19.2. The molecule has 0 fully saturated rings. The number of aliphatic hydroxyl groups excluding tert-OH is 1. The van der Waals surface area contributed by atoms with Crippen LogP contribution in [0.1, 0.15) is 187 Å². The van der Waals surface area contributed by atoms with E-state index >= 15 is 0 Å². The van der Waals surface area contributed by atoms with E-state index in [9.17, 15) is 9.59 Å². The molecule has 0 saturated heterocycles. The highest BCUT2D eigenvalue weighted by Gasteiger charge is 2.23. The predicted molar refractivity (Wildman–Crippen MR) is 164 cm³/mol. The average molecular weight is 555 g/mol. The number of carbonyl (C=O) groups excluding carboxylic acids is 2. The van der Waals surface area contributed by atoms with Crippen LogP contribution in [0.3, 0.4) is 0 Å². The highest BCUT2D eigenvalue weighted by molar-refractivity contribution is 5.79. The molecule has 232 valence electrons. The summed E-state index contributed by atoms with van der Waals surface area (Å²) in [7, 11) is 0. The van der Waals surface area contributed by atoms with Gasteiger partial charge in [-0.15, -0.1) is 0 Å². The Morgan fingerprint density at radius 2 is 0.923 bits per heavy atom. The zero-order valence-corrected chi connectivity index (χ0v) is 26.2. The van der Waals surface area contributed by atoms with E-state index in [1.54, 1.807) is 6.92 Å². The number of carbonyl (C=O) groups is 2. The molecule has 0 aromatic heterocycles. The van der Waals surface area contributed by atoms with Crippen molar-refractivity contribution in [3.8, 4) is 0 Å². The standard InChI is InChI=1S/C34H66O5/c1-3-5-6-7-8-9-10-11-15-18-21-24-27-30-33(36)39-32(34(37)38-4-2)29-26-23-20-17-14-12-13-16-19-22-25-28-31-35/h32,35H,3-31H2,1-2H3. The quantitative estimate of drug-likeness (QED) is 0.0681. The van der Waals surface area contributed by atoms with Gasteiger partial charge in [-0.05, 0) is 32.6 Å². The topological polar surface area (TPSA) is 72.8 Å². The van der Waals surface area contributed by atoms with E-state index in [4.69, 9.17) is 14.6 Å². The van der Waals surface area contributed by atoms with Gasteiger partial charge in [0.25, 0.3) is 0 Å². The van der Waals surface area contributed by atoms with Crippen LogP contribution in [0.2, 0.25) is 0 Å². The maximum Gasteiger partial charge on any atom is 0.347 e. The third-order valence-electron chi connectivity index (χ3n) is 7.68. The Kier molecular flexibility index (Phi) is 30.5. The molecule has 1 atom stereocenters. The van der Waals surface area contributed by atoms with Crippen molar-refractivity contribution < 1.29 is 24.2 Å². The van der Waals surface area contributed by atoms with Gasteiger partial charge in [-0.25, -0.2) is 4.79 Å². The summed E-state index contributed by atoms with van der Waals surface area (Å²) in [6, 6.07) is 0. The second kappa shape index (κ2) is 31.4. The van der Waals surface area contributed by atoms with Crippen LogP contribution in [-0.4, -0.2) is 36.4 Å². The smallest absolute Gasteiger partial charge is 0.347 e. The molecule has 5 nitrogen and oxygen atoms in total. The van der Waals surface area contributed by atoms with Gasteiger partial charge in [-0.2, -0.15) is 0 Å². The van der Waals surface area contributed by atoms with Gasteiger partial charge in [0, 0.05) is 13.0 Å². The van der Waals surface area contributed by atoms with E-state index in [0.29, 0.717) is 26.1 Å². The Hall–Kier alpha value is -1.10. The minimum absolute atomic E-state index is 0.257. The molecule has 1 N–H and O–H groups in total. The number of esters is 2. The van der Waals surface area contributed by atoms with Gasteiger partial charge < -0.3 is 14.6 Å². The van der Waals surface area contributed by atoms with Gasteiger partial charge in [0.05, 0.1) is 6.61 Å². The summed E-state index contributed by atoms with van der Waals surface area (Å²) in [5, 5.41) is 8.80. The number of rotatable bonds is 31. The van der Waals surface area contributed by atoms with Crippen LogP contribution in [-0.2, 0) is 19.1 Å². The van der Waals surface area contributed by atoms with Crippen molar-refractivity contribution in [3.05, 3.63) is 0 Å². The van der Waals surface area contributed by atoms with E-state index in [2.05, 4.69) is 6.92 Å².